The maximum absolute atomic E-state index is 12.1. The number of carbonyl (C=O) groups is 1. The van der Waals surface area contributed by atoms with Crippen LogP contribution in [0.1, 0.15) is 24.8 Å². The summed E-state index contributed by atoms with van der Waals surface area (Å²) in [5, 5.41) is 12.4. The van der Waals surface area contributed by atoms with Gasteiger partial charge >= 0.3 is 0 Å². The van der Waals surface area contributed by atoms with Crippen LogP contribution in [0.3, 0.4) is 0 Å². The summed E-state index contributed by atoms with van der Waals surface area (Å²) in [6.07, 6.45) is 7.56. The van der Waals surface area contributed by atoms with E-state index in [1.807, 2.05) is 30.3 Å². The second kappa shape index (κ2) is 7.10. The van der Waals surface area contributed by atoms with E-state index in [0.29, 0.717) is 6.42 Å². The molecule has 0 aliphatic heterocycles. The first kappa shape index (κ1) is 13.8. The van der Waals surface area contributed by atoms with Crippen LogP contribution in [0.2, 0.25) is 0 Å². The van der Waals surface area contributed by atoms with Crippen molar-refractivity contribution in [2.75, 3.05) is 6.61 Å². The van der Waals surface area contributed by atoms with E-state index >= 15 is 0 Å². The summed E-state index contributed by atoms with van der Waals surface area (Å²) in [6, 6.07) is 9.73. The highest BCUT2D eigenvalue weighted by Gasteiger charge is 2.21. The molecule has 1 aromatic carbocycles. The van der Waals surface area contributed by atoms with Gasteiger partial charge in [-0.25, -0.2) is 0 Å². The molecule has 1 aromatic rings. The van der Waals surface area contributed by atoms with Crippen molar-refractivity contribution in [3.8, 4) is 0 Å². The quantitative estimate of drug-likeness (QED) is 0.795. The van der Waals surface area contributed by atoms with Gasteiger partial charge in [-0.2, -0.15) is 0 Å². The topological polar surface area (TPSA) is 49.3 Å². The van der Waals surface area contributed by atoms with Crippen LogP contribution in [0.5, 0.6) is 0 Å². The zero-order valence-electron chi connectivity index (χ0n) is 11.1. The van der Waals surface area contributed by atoms with Crippen LogP contribution >= 0.6 is 0 Å². The molecule has 2 rings (SSSR count). The molecule has 0 saturated carbocycles. The van der Waals surface area contributed by atoms with Gasteiger partial charge in [0.05, 0.1) is 12.6 Å². The van der Waals surface area contributed by atoms with Crippen molar-refractivity contribution in [1.29, 1.82) is 0 Å². The second-order valence-electron chi connectivity index (χ2n) is 5.06. The minimum Gasteiger partial charge on any atom is -0.394 e. The Kier molecular flexibility index (Phi) is 5.16. The van der Waals surface area contributed by atoms with Crippen molar-refractivity contribution in [3.63, 3.8) is 0 Å². The fourth-order valence-corrected chi connectivity index (χ4v) is 2.41. The minimum absolute atomic E-state index is 0.0246. The predicted octanol–water partition coefficient (Wildman–Crippen LogP) is 2.06. The number of carbonyl (C=O) groups excluding carboxylic acids is 1. The number of amides is 1. The number of benzene rings is 1. The van der Waals surface area contributed by atoms with E-state index in [2.05, 4.69) is 17.5 Å². The van der Waals surface area contributed by atoms with Crippen molar-refractivity contribution in [3.05, 3.63) is 48.0 Å². The van der Waals surface area contributed by atoms with Crippen LogP contribution < -0.4 is 5.32 Å². The Balaban J connectivity index is 1.88. The maximum atomic E-state index is 12.1. The Bertz CT molecular complexity index is 428. The van der Waals surface area contributed by atoms with Gasteiger partial charge in [-0.05, 0) is 31.2 Å². The second-order valence-corrected chi connectivity index (χ2v) is 5.06. The Morgan fingerprint density at radius 2 is 2.11 bits per heavy atom. The normalized spacial score (nSPS) is 19.9. The Hall–Kier alpha value is -1.61. The monoisotopic (exact) mass is 259 g/mol. The molecule has 0 saturated heterocycles. The lowest BCUT2D eigenvalue weighted by Crippen LogP contribution is -2.42. The molecule has 102 valence electrons. The van der Waals surface area contributed by atoms with Crippen LogP contribution in [0.15, 0.2) is 42.5 Å². The van der Waals surface area contributed by atoms with E-state index in [1.54, 1.807) is 0 Å². The number of allylic oxidation sites excluding steroid dienone is 2. The van der Waals surface area contributed by atoms with Gasteiger partial charge in [-0.3, -0.25) is 4.79 Å². The number of aliphatic hydroxyl groups excluding tert-OH is 1. The van der Waals surface area contributed by atoms with Crippen molar-refractivity contribution in [2.24, 2.45) is 5.92 Å². The third kappa shape index (κ3) is 4.21. The summed E-state index contributed by atoms with van der Waals surface area (Å²) < 4.78 is 0. The zero-order valence-corrected chi connectivity index (χ0v) is 11.1. The lowest BCUT2D eigenvalue weighted by Gasteiger charge is -2.22. The van der Waals surface area contributed by atoms with Crippen molar-refractivity contribution >= 4 is 5.91 Å². The molecular weight excluding hydrogens is 238 g/mol. The van der Waals surface area contributed by atoms with Gasteiger partial charge in [0.1, 0.15) is 0 Å². The standard InChI is InChI=1S/C16H21NO2/c18-12-15(11-13-7-3-1-4-8-13)17-16(19)14-9-5-2-6-10-14/h1-5,7-8,14-15,18H,6,9-12H2,(H,17,19)/t14?,15-/m0/s1. The molecule has 3 nitrogen and oxygen atoms in total. The largest absolute Gasteiger partial charge is 0.394 e. The van der Waals surface area contributed by atoms with E-state index in [4.69, 9.17) is 0 Å². The van der Waals surface area contributed by atoms with E-state index in [0.717, 1.165) is 24.8 Å². The number of aliphatic hydroxyl groups is 1. The van der Waals surface area contributed by atoms with Crippen molar-refractivity contribution in [1.82, 2.24) is 5.32 Å². The molecule has 0 fully saturated rings. The number of rotatable bonds is 5. The Labute approximate surface area is 114 Å². The SMILES string of the molecule is O=C(N[C@H](CO)Cc1ccccc1)C1CC=CCC1. The van der Waals surface area contributed by atoms with Crippen molar-refractivity contribution in [2.45, 2.75) is 31.7 Å². The molecule has 2 atom stereocenters. The van der Waals surface area contributed by atoms with Gasteiger partial charge in [-0.15, -0.1) is 0 Å². The van der Waals surface area contributed by atoms with E-state index in [-0.39, 0.29) is 24.5 Å². The van der Waals surface area contributed by atoms with Crippen LogP contribution in [0, 0.1) is 5.92 Å². The number of hydrogen-bond acceptors (Lipinski definition) is 2. The molecule has 3 heteroatoms. The summed E-state index contributed by atoms with van der Waals surface area (Å²) in [6.45, 7) is -0.0246. The van der Waals surface area contributed by atoms with Crippen LogP contribution in [0.25, 0.3) is 0 Å². The van der Waals surface area contributed by atoms with Gasteiger partial charge < -0.3 is 10.4 Å². The third-order valence-corrected chi connectivity index (χ3v) is 3.53. The molecule has 19 heavy (non-hydrogen) atoms. The summed E-state index contributed by atoms with van der Waals surface area (Å²) in [5.74, 6) is 0.133. The smallest absolute Gasteiger partial charge is 0.223 e. The van der Waals surface area contributed by atoms with Gasteiger partial charge in [0.15, 0.2) is 0 Å². The molecule has 0 aromatic heterocycles. The zero-order chi connectivity index (χ0) is 13.5. The van der Waals surface area contributed by atoms with Gasteiger partial charge in [0.25, 0.3) is 0 Å². The van der Waals surface area contributed by atoms with Gasteiger partial charge in [-0.1, -0.05) is 42.5 Å². The van der Waals surface area contributed by atoms with E-state index < -0.39 is 0 Å². The van der Waals surface area contributed by atoms with E-state index in [9.17, 15) is 9.90 Å². The molecular formula is C16H21NO2. The average Bonchev–Trinajstić information content (AvgIpc) is 2.48. The predicted molar refractivity (Wildman–Crippen MR) is 75.6 cm³/mol. The lowest BCUT2D eigenvalue weighted by atomic mass is 9.93. The average molecular weight is 259 g/mol. The maximum Gasteiger partial charge on any atom is 0.223 e. The lowest BCUT2D eigenvalue weighted by molar-refractivity contribution is -0.126. The minimum atomic E-state index is -0.194. The van der Waals surface area contributed by atoms with Crippen LogP contribution in [-0.2, 0) is 11.2 Å². The molecule has 2 N–H and O–H groups in total. The molecule has 0 bridgehead atoms. The first-order chi connectivity index (χ1) is 9.29. The van der Waals surface area contributed by atoms with Gasteiger partial charge in [0.2, 0.25) is 5.91 Å². The Morgan fingerprint density at radius 3 is 2.74 bits per heavy atom. The first-order valence-electron chi connectivity index (χ1n) is 6.89. The van der Waals surface area contributed by atoms with Gasteiger partial charge in [0, 0.05) is 5.92 Å². The fourth-order valence-electron chi connectivity index (χ4n) is 2.41. The molecule has 0 spiro atoms. The highest BCUT2D eigenvalue weighted by molar-refractivity contribution is 5.79. The number of hydrogen-bond donors (Lipinski definition) is 2. The summed E-state index contributed by atoms with van der Waals surface area (Å²) in [7, 11) is 0. The first-order valence-corrected chi connectivity index (χ1v) is 6.89. The molecule has 1 unspecified atom stereocenters. The number of nitrogens with one attached hydrogen (secondary N) is 1. The summed E-state index contributed by atoms with van der Waals surface area (Å²) >= 11 is 0. The summed E-state index contributed by atoms with van der Waals surface area (Å²) in [5.41, 5.74) is 1.13. The summed E-state index contributed by atoms with van der Waals surface area (Å²) in [4.78, 5) is 12.1. The molecule has 0 radical (unpaired) electrons. The Morgan fingerprint density at radius 1 is 1.32 bits per heavy atom. The molecule has 1 aliphatic carbocycles. The van der Waals surface area contributed by atoms with Crippen LogP contribution in [0.4, 0.5) is 0 Å². The molecule has 1 amide bonds. The highest BCUT2D eigenvalue weighted by Crippen LogP contribution is 2.18. The molecule has 0 heterocycles. The van der Waals surface area contributed by atoms with Crippen LogP contribution in [-0.4, -0.2) is 23.7 Å². The fraction of sp³-hybridized carbons (Fsp3) is 0.438. The third-order valence-electron chi connectivity index (χ3n) is 3.53. The highest BCUT2D eigenvalue weighted by atomic mass is 16.3. The van der Waals surface area contributed by atoms with Crippen molar-refractivity contribution < 1.29 is 9.90 Å². The van der Waals surface area contributed by atoms with E-state index in [1.165, 1.54) is 0 Å². The molecule has 1 aliphatic rings.